The number of ether oxygens (including phenoxy) is 2. The number of hydrogen-bond acceptors (Lipinski definition) is 5. The van der Waals surface area contributed by atoms with Crippen LogP contribution in [0.3, 0.4) is 0 Å². The molecular formula is C24H29FN2O5. The van der Waals surface area contributed by atoms with Crippen molar-refractivity contribution in [2.75, 3.05) is 26.8 Å². The quantitative estimate of drug-likeness (QED) is 0.633. The molecule has 1 unspecified atom stereocenters. The van der Waals surface area contributed by atoms with E-state index >= 15 is 0 Å². The molecule has 1 fully saturated rings. The fraction of sp³-hybridized carbons (Fsp3) is 0.375. The van der Waals surface area contributed by atoms with Crippen molar-refractivity contribution in [3.05, 3.63) is 59.9 Å². The predicted molar refractivity (Wildman–Crippen MR) is 118 cm³/mol. The second-order valence-corrected chi connectivity index (χ2v) is 7.60. The highest BCUT2D eigenvalue weighted by Crippen LogP contribution is 2.24. The number of halogens is 1. The van der Waals surface area contributed by atoms with Crippen molar-refractivity contribution in [3.8, 4) is 11.5 Å². The summed E-state index contributed by atoms with van der Waals surface area (Å²) in [6.45, 7) is 4.48. The molecule has 1 aliphatic rings. The Labute approximate surface area is 187 Å². The molecule has 2 amide bonds. The number of rotatable bonds is 8. The Morgan fingerprint density at radius 3 is 2.25 bits per heavy atom. The Kier molecular flexibility index (Phi) is 9.81. The number of likely N-dealkylation sites (tertiary alicyclic amines) is 1. The van der Waals surface area contributed by atoms with Crippen LogP contribution in [-0.4, -0.2) is 55.8 Å². The summed E-state index contributed by atoms with van der Waals surface area (Å²) in [6, 6.07) is 13.3. The molecule has 0 aliphatic carbocycles. The molecule has 3 rings (SSSR count). The summed E-state index contributed by atoms with van der Waals surface area (Å²) in [5.74, 6) is 1.08. The third kappa shape index (κ3) is 7.77. The van der Waals surface area contributed by atoms with Crippen molar-refractivity contribution in [2.24, 2.45) is 5.92 Å². The van der Waals surface area contributed by atoms with Crippen LogP contribution in [0.1, 0.15) is 18.9 Å². The van der Waals surface area contributed by atoms with Crippen molar-refractivity contribution >= 4 is 18.1 Å². The normalized spacial score (nSPS) is 17.2. The van der Waals surface area contributed by atoms with Crippen LogP contribution >= 0.6 is 0 Å². The molecular weight excluding hydrogens is 415 g/mol. The summed E-state index contributed by atoms with van der Waals surface area (Å²) in [4.78, 5) is 34.9. The Morgan fingerprint density at radius 2 is 1.72 bits per heavy atom. The molecule has 172 valence electrons. The number of Topliss-reactive ketones (excluding diaryl/α,β-unsaturated/α-hetero) is 1. The van der Waals surface area contributed by atoms with E-state index in [4.69, 9.17) is 9.47 Å². The van der Waals surface area contributed by atoms with Gasteiger partial charge in [0.25, 0.3) is 0 Å². The van der Waals surface area contributed by atoms with E-state index in [2.05, 4.69) is 5.32 Å². The van der Waals surface area contributed by atoms with E-state index < -0.39 is 0 Å². The molecule has 0 aromatic heterocycles. The van der Waals surface area contributed by atoms with Crippen LogP contribution in [0.5, 0.6) is 11.5 Å². The van der Waals surface area contributed by atoms with Crippen molar-refractivity contribution in [2.45, 2.75) is 26.3 Å². The van der Waals surface area contributed by atoms with Crippen LogP contribution in [0.15, 0.2) is 48.5 Å². The van der Waals surface area contributed by atoms with Crippen LogP contribution in [0.2, 0.25) is 0 Å². The summed E-state index contributed by atoms with van der Waals surface area (Å²) in [5.41, 5.74) is 1.18. The molecule has 0 radical (unpaired) electrons. The van der Waals surface area contributed by atoms with Gasteiger partial charge in [-0.25, -0.2) is 4.39 Å². The molecule has 2 atom stereocenters. The zero-order valence-corrected chi connectivity index (χ0v) is 18.5. The lowest BCUT2D eigenvalue weighted by Crippen LogP contribution is -2.43. The summed E-state index contributed by atoms with van der Waals surface area (Å²) in [7, 11) is 1.60. The number of hydrogen-bond donors (Lipinski definition) is 1. The molecule has 0 saturated carbocycles. The number of benzene rings is 2. The molecule has 1 N–H and O–H groups in total. The van der Waals surface area contributed by atoms with E-state index in [1.807, 2.05) is 31.2 Å². The molecule has 1 saturated heterocycles. The zero-order chi connectivity index (χ0) is 23.5. The molecule has 2 aromatic carbocycles. The first-order valence-corrected chi connectivity index (χ1v) is 10.3. The monoisotopic (exact) mass is 444 g/mol. The lowest BCUT2D eigenvalue weighted by Gasteiger charge is -2.22. The maximum absolute atomic E-state index is 12.6. The van der Waals surface area contributed by atoms with Gasteiger partial charge in [-0.3, -0.25) is 14.4 Å². The first kappa shape index (κ1) is 25.0. The number of nitrogens with zero attached hydrogens (tertiary/aromatic N) is 1. The number of amides is 2. The smallest absolute Gasteiger partial charge is 0.242 e. The summed E-state index contributed by atoms with van der Waals surface area (Å²) < 4.78 is 23.2. The van der Waals surface area contributed by atoms with E-state index in [0.29, 0.717) is 31.7 Å². The Morgan fingerprint density at radius 1 is 1.12 bits per heavy atom. The average Bonchev–Trinajstić information content (AvgIpc) is 3.20. The molecule has 1 aliphatic heterocycles. The van der Waals surface area contributed by atoms with Gasteiger partial charge in [0.1, 0.15) is 17.3 Å². The third-order valence-corrected chi connectivity index (χ3v) is 4.99. The van der Waals surface area contributed by atoms with Crippen LogP contribution in [-0.2, 0) is 19.1 Å². The first-order valence-electron chi connectivity index (χ1n) is 10.3. The number of carbonyl (C=O) groups excluding carboxylic acids is 3. The van der Waals surface area contributed by atoms with Gasteiger partial charge in [0, 0.05) is 19.6 Å². The largest absolute Gasteiger partial charge is 0.457 e. The van der Waals surface area contributed by atoms with Gasteiger partial charge in [-0.2, -0.15) is 0 Å². The van der Waals surface area contributed by atoms with E-state index in [1.54, 1.807) is 19.2 Å². The molecule has 8 heteroatoms. The number of carbonyl (C=O) groups is 3. The van der Waals surface area contributed by atoms with Gasteiger partial charge in [-0.15, -0.1) is 0 Å². The molecule has 0 bridgehead atoms. The third-order valence-electron chi connectivity index (χ3n) is 4.99. The number of nitrogens with one attached hydrogen (secondary N) is 1. The van der Waals surface area contributed by atoms with Gasteiger partial charge in [0.05, 0.1) is 19.2 Å². The zero-order valence-electron chi connectivity index (χ0n) is 18.5. The minimum absolute atomic E-state index is 0.0249. The van der Waals surface area contributed by atoms with Crippen LogP contribution in [0, 0.1) is 18.7 Å². The molecule has 7 nitrogen and oxygen atoms in total. The molecule has 0 spiro atoms. The lowest BCUT2D eigenvalue weighted by molar-refractivity contribution is -0.136. The Bertz CT molecular complexity index is 843. The predicted octanol–water partition coefficient (Wildman–Crippen LogP) is 3.11. The van der Waals surface area contributed by atoms with Gasteiger partial charge in [-0.1, -0.05) is 17.7 Å². The molecule has 32 heavy (non-hydrogen) atoms. The fourth-order valence-corrected chi connectivity index (χ4v) is 3.42. The summed E-state index contributed by atoms with van der Waals surface area (Å²) >= 11 is 0. The van der Waals surface area contributed by atoms with Crippen molar-refractivity contribution in [3.63, 3.8) is 0 Å². The Hall–Kier alpha value is -3.26. The van der Waals surface area contributed by atoms with Gasteiger partial charge >= 0.3 is 0 Å². The van der Waals surface area contributed by atoms with E-state index in [9.17, 15) is 18.8 Å². The number of ketones is 1. The summed E-state index contributed by atoms with van der Waals surface area (Å²) in [6.07, 6.45) is 1.11. The van der Waals surface area contributed by atoms with Crippen LogP contribution in [0.4, 0.5) is 4.39 Å². The van der Waals surface area contributed by atoms with Gasteiger partial charge in [-0.05, 0) is 56.7 Å². The van der Waals surface area contributed by atoms with Gasteiger partial charge < -0.3 is 19.7 Å². The highest BCUT2D eigenvalue weighted by Gasteiger charge is 2.37. The average molecular weight is 445 g/mol. The van der Waals surface area contributed by atoms with Crippen molar-refractivity contribution < 1.29 is 28.2 Å². The fourth-order valence-electron chi connectivity index (χ4n) is 3.42. The van der Waals surface area contributed by atoms with E-state index in [-0.39, 0.29) is 36.0 Å². The van der Waals surface area contributed by atoms with Crippen molar-refractivity contribution in [1.29, 1.82) is 0 Å². The molecule has 1 heterocycles. The maximum Gasteiger partial charge on any atom is 0.242 e. The number of methoxy groups -OCH3 is 1. The Balaban J connectivity index is 0.000000228. The minimum Gasteiger partial charge on any atom is -0.457 e. The second-order valence-electron chi connectivity index (χ2n) is 7.60. The number of aryl methyl sites for hydroxylation is 1. The highest BCUT2D eigenvalue weighted by molar-refractivity contribution is 5.89. The summed E-state index contributed by atoms with van der Waals surface area (Å²) in [5, 5.41) is 2.32. The molecule has 2 aromatic rings. The lowest BCUT2D eigenvalue weighted by atomic mass is 10.0. The first-order chi connectivity index (χ1) is 15.3. The maximum atomic E-state index is 12.6. The van der Waals surface area contributed by atoms with Gasteiger partial charge in [0.2, 0.25) is 12.3 Å². The topological polar surface area (TPSA) is 84.9 Å². The SMILES string of the molecule is COCC1C[C@@H](C(C)=O)N(C(=O)CNC=O)C1.Cc1ccc(Oc2ccc(F)cc2)cc1. The van der Waals surface area contributed by atoms with E-state index in [0.717, 1.165) is 5.75 Å². The second kappa shape index (κ2) is 12.6. The van der Waals surface area contributed by atoms with Gasteiger partial charge in [0.15, 0.2) is 5.78 Å². The standard InChI is InChI=1S/C13H11FO.C11H18N2O4/c1-10-2-6-12(7-3-10)15-13-8-4-11(14)5-9-13;1-8(15)10-3-9(6-17-2)5-13(10)11(16)4-12-7-14/h2-9H,1H3;7,9-10H,3-6H2,1-2H3,(H,12,14)/t;9?,10-/m.0/s1. The van der Waals surface area contributed by atoms with Crippen LogP contribution in [0.25, 0.3) is 0 Å². The van der Waals surface area contributed by atoms with E-state index in [1.165, 1.54) is 29.5 Å². The minimum atomic E-state index is -0.379. The van der Waals surface area contributed by atoms with Crippen molar-refractivity contribution in [1.82, 2.24) is 10.2 Å². The highest BCUT2D eigenvalue weighted by atomic mass is 19.1. The van der Waals surface area contributed by atoms with Crippen LogP contribution < -0.4 is 10.1 Å².